The Labute approximate surface area is 230 Å². The Morgan fingerprint density at radius 3 is 2.62 bits per heavy atom. The average molecular weight is 582 g/mol. The van der Waals surface area contributed by atoms with Gasteiger partial charge in [0.25, 0.3) is 0 Å². The predicted octanol–water partition coefficient (Wildman–Crippen LogP) is 2.20. The molecule has 1 unspecified atom stereocenters. The summed E-state index contributed by atoms with van der Waals surface area (Å²) in [6.45, 7) is 4.24. The minimum atomic E-state index is -4.26. The number of aliphatic hydroxyl groups excluding tert-OH is 1. The number of carbonyl (C=O) groups excluding carboxylic acids is 1. The lowest BCUT2D eigenvalue weighted by Gasteiger charge is -2.25. The standard InChI is InChI=1S/C24H33FN7O7P/c1-13(2)37-23(34)14(3)30-40(35,39-15-9-7-6-8-10-15)36-11-16-19(33)17(25)22(38-16)32-12-27-18-20(31(4)5)28-24(26)29-21(18)32/h6-10,12-14,16-17,19,22,33H,11H2,1-5H3,(H,30,35)(H2,26,28,29)/t14-,16+,17?,19+,22+,40-/m0/s1. The Hall–Kier alpha value is -3.36. The molecule has 16 heteroatoms. The van der Waals surface area contributed by atoms with Gasteiger partial charge in [-0.15, -0.1) is 0 Å². The summed E-state index contributed by atoms with van der Waals surface area (Å²) >= 11 is 0. The normalized spacial score (nSPS) is 23.2. The van der Waals surface area contributed by atoms with Crippen LogP contribution in [0.15, 0.2) is 36.7 Å². The molecule has 1 saturated heterocycles. The summed E-state index contributed by atoms with van der Waals surface area (Å²) in [4.78, 5) is 26.6. The molecule has 40 heavy (non-hydrogen) atoms. The number of imidazole rings is 1. The number of hydrogen-bond acceptors (Lipinski definition) is 12. The number of hydrogen-bond donors (Lipinski definition) is 3. The van der Waals surface area contributed by atoms with E-state index in [-0.39, 0.29) is 17.3 Å². The number of nitrogens with one attached hydrogen (secondary N) is 1. The number of anilines is 2. The number of para-hydroxylation sites is 1. The number of rotatable bonds is 11. The first kappa shape index (κ1) is 29.6. The first-order chi connectivity index (χ1) is 18.9. The van der Waals surface area contributed by atoms with Crippen molar-refractivity contribution in [3.05, 3.63) is 36.7 Å². The Kier molecular flexibility index (Phi) is 8.90. The predicted molar refractivity (Wildman–Crippen MR) is 143 cm³/mol. The van der Waals surface area contributed by atoms with Crippen molar-refractivity contribution in [2.75, 3.05) is 31.3 Å². The van der Waals surface area contributed by atoms with E-state index in [9.17, 15) is 14.5 Å². The monoisotopic (exact) mass is 581 g/mol. The highest BCUT2D eigenvalue weighted by molar-refractivity contribution is 7.52. The van der Waals surface area contributed by atoms with Crippen molar-refractivity contribution in [1.29, 1.82) is 0 Å². The van der Waals surface area contributed by atoms with Crippen LogP contribution in [-0.4, -0.2) is 81.8 Å². The summed E-state index contributed by atoms with van der Waals surface area (Å²) in [5.74, 6) is -0.120. The van der Waals surface area contributed by atoms with Gasteiger partial charge < -0.3 is 29.7 Å². The number of esters is 1. The Bertz CT molecular complexity index is 1380. The number of carbonyl (C=O) groups is 1. The van der Waals surface area contributed by atoms with Crippen LogP contribution in [0.2, 0.25) is 0 Å². The van der Waals surface area contributed by atoms with E-state index in [1.165, 1.54) is 17.8 Å². The third kappa shape index (κ3) is 6.50. The molecule has 1 aliphatic heterocycles. The second-order valence-corrected chi connectivity index (χ2v) is 11.4. The summed E-state index contributed by atoms with van der Waals surface area (Å²) in [5, 5.41) is 13.2. The summed E-state index contributed by atoms with van der Waals surface area (Å²) in [6.07, 6.45) is -5.29. The molecule has 3 heterocycles. The van der Waals surface area contributed by atoms with Crippen LogP contribution < -0.4 is 20.2 Å². The third-order valence-electron chi connectivity index (χ3n) is 5.85. The quantitative estimate of drug-likeness (QED) is 0.222. The van der Waals surface area contributed by atoms with Gasteiger partial charge in [-0.05, 0) is 32.9 Å². The van der Waals surface area contributed by atoms with Crippen LogP contribution >= 0.6 is 7.75 Å². The van der Waals surface area contributed by atoms with Crippen LogP contribution in [0.3, 0.4) is 0 Å². The lowest BCUT2D eigenvalue weighted by molar-refractivity contribution is -0.149. The minimum absolute atomic E-state index is 0.0537. The highest BCUT2D eigenvalue weighted by Gasteiger charge is 2.47. The number of nitrogen functional groups attached to an aromatic ring is 1. The summed E-state index contributed by atoms with van der Waals surface area (Å²) < 4.78 is 52.5. The van der Waals surface area contributed by atoms with Crippen molar-refractivity contribution in [2.45, 2.75) is 57.5 Å². The Balaban J connectivity index is 1.53. The van der Waals surface area contributed by atoms with E-state index in [1.54, 1.807) is 63.2 Å². The number of alkyl halides is 1. The van der Waals surface area contributed by atoms with E-state index in [2.05, 4.69) is 20.0 Å². The topological polar surface area (TPSA) is 176 Å². The molecular weight excluding hydrogens is 548 g/mol. The first-order valence-corrected chi connectivity index (χ1v) is 14.0. The number of benzene rings is 1. The van der Waals surface area contributed by atoms with Crippen LogP contribution in [0, 0.1) is 0 Å². The van der Waals surface area contributed by atoms with E-state index < -0.39 is 57.1 Å². The summed E-state index contributed by atoms with van der Waals surface area (Å²) in [7, 11) is -0.773. The van der Waals surface area contributed by atoms with Crippen molar-refractivity contribution in [3.63, 3.8) is 0 Å². The zero-order chi connectivity index (χ0) is 29.2. The van der Waals surface area contributed by atoms with E-state index >= 15 is 4.39 Å². The van der Waals surface area contributed by atoms with Gasteiger partial charge in [0.1, 0.15) is 24.0 Å². The molecule has 1 aromatic carbocycles. The van der Waals surface area contributed by atoms with E-state index in [4.69, 9.17) is 24.3 Å². The van der Waals surface area contributed by atoms with Crippen LogP contribution in [0.4, 0.5) is 16.2 Å². The number of nitrogens with two attached hydrogens (primary N) is 1. The molecule has 6 atom stereocenters. The molecule has 4 rings (SSSR count). The van der Waals surface area contributed by atoms with Gasteiger partial charge >= 0.3 is 13.7 Å². The lowest BCUT2D eigenvalue weighted by Crippen LogP contribution is -2.37. The van der Waals surface area contributed by atoms with Crippen molar-refractivity contribution >= 4 is 36.6 Å². The third-order valence-corrected chi connectivity index (χ3v) is 7.49. The molecule has 4 N–H and O–H groups in total. The number of aliphatic hydroxyl groups is 1. The molecule has 3 aromatic rings. The first-order valence-electron chi connectivity index (χ1n) is 12.5. The maximum atomic E-state index is 15.3. The molecule has 0 aliphatic carbocycles. The molecule has 0 amide bonds. The molecule has 218 valence electrons. The fourth-order valence-corrected chi connectivity index (χ4v) is 5.49. The van der Waals surface area contributed by atoms with Gasteiger partial charge in [-0.3, -0.25) is 13.9 Å². The SMILES string of the molecule is CC(C)OC(=O)[C@H](C)N[P@](=O)(OC[C@H]1O[C@@H](n2cnc3c(N(C)C)nc(N)nc32)C(F)[C@@H]1O)Oc1ccccc1. The Morgan fingerprint density at radius 1 is 1.27 bits per heavy atom. The molecule has 14 nitrogen and oxygen atoms in total. The molecule has 1 aliphatic rings. The molecule has 0 spiro atoms. The van der Waals surface area contributed by atoms with Gasteiger partial charge in [-0.25, -0.2) is 13.9 Å². The number of ether oxygens (including phenoxy) is 2. The summed E-state index contributed by atoms with van der Waals surface area (Å²) in [5.41, 5.74) is 6.41. The number of halogens is 1. The van der Waals surface area contributed by atoms with Crippen molar-refractivity contribution in [3.8, 4) is 5.75 Å². The maximum Gasteiger partial charge on any atom is 0.459 e. The average Bonchev–Trinajstić information content (AvgIpc) is 3.42. The van der Waals surface area contributed by atoms with Crippen molar-refractivity contribution in [1.82, 2.24) is 24.6 Å². The van der Waals surface area contributed by atoms with Crippen LogP contribution in [0.25, 0.3) is 11.2 Å². The van der Waals surface area contributed by atoms with E-state index in [0.29, 0.717) is 11.3 Å². The van der Waals surface area contributed by atoms with Gasteiger partial charge in [0.15, 0.2) is 29.4 Å². The molecule has 0 bridgehead atoms. The molecule has 2 aromatic heterocycles. The fraction of sp³-hybridized carbons (Fsp3) is 0.500. The zero-order valence-electron chi connectivity index (χ0n) is 22.7. The molecule has 0 radical (unpaired) electrons. The zero-order valence-corrected chi connectivity index (χ0v) is 23.6. The van der Waals surface area contributed by atoms with Gasteiger partial charge in [0, 0.05) is 14.1 Å². The highest BCUT2D eigenvalue weighted by atomic mass is 31.2. The lowest BCUT2D eigenvalue weighted by atomic mass is 10.1. The molecule has 0 saturated carbocycles. The van der Waals surface area contributed by atoms with Gasteiger partial charge in [0.2, 0.25) is 5.95 Å². The van der Waals surface area contributed by atoms with E-state index in [0.717, 1.165) is 0 Å². The van der Waals surface area contributed by atoms with Crippen molar-refractivity contribution in [2.24, 2.45) is 0 Å². The van der Waals surface area contributed by atoms with Gasteiger partial charge in [0.05, 0.1) is 19.0 Å². The number of aromatic nitrogens is 4. The largest absolute Gasteiger partial charge is 0.462 e. The number of nitrogens with zero attached hydrogens (tertiary/aromatic N) is 5. The maximum absolute atomic E-state index is 15.3. The summed E-state index contributed by atoms with van der Waals surface area (Å²) in [6, 6.07) is 7.06. The molecule has 1 fully saturated rings. The smallest absolute Gasteiger partial charge is 0.459 e. The van der Waals surface area contributed by atoms with E-state index in [1.807, 2.05) is 0 Å². The van der Waals surface area contributed by atoms with Crippen LogP contribution in [-0.2, 0) is 23.4 Å². The second kappa shape index (κ2) is 12.0. The Morgan fingerprint density at radius 2 is 1.98 bits per heavy atom. The van der Waals surface area contributed by atoms with Gasteiger partial charge in [-0.2, -0.15) is 15.1 Å². The number of fused-ring (bicyclic) bond motifs is 1. The highest BCUT2D eigenvalue weighted by Crippen LogP contribution is 2.46. The van der Waals surface area contributed by atoms with Gasteiger partial charge in [-0.1, -0.05) is 18.2 Å². The second-order valence-electron chi connectivity index (χ2n) is 9.66. The fourth-order valence-electron chi connectivity index (χ4n) is 3.99. The molecular formula is C24H33FN7O7P. The minimum Gasteiger partial charge on any atom is -0.462 e. The van der Waals surface area contributed by atoms with Crippen LogP contribution in [0.5, 0.6) is 5.75 Å². The van der Waals surface area contributed by atoms with Crippen LogP contribution in [0.1, 0.15) is 27.0 Å². The van der Waals surface area contributed by atoms with Crippen molar-refractivity contribution < 1.29 is 37.4 Å².